The maximum Gasteiger partial charge on any atom is 0.225 e. The molecule has 0 saturated heterocycles. The minimum absolute atomic E-state index is 0.133. The van der Waals surface area contributed by atoms with E-state index in [0.717, 1.165) is 0 Å². The predicted molar refractivity (Wildman–Crippen MR) is 45.4 cm³/mol. The van der Waals surface area contributed by atoms with E-state index in [1.807, 2.05) is 6.92 Å². The molecule has 0 radical (unpaired) electrons. The van der Waals surface area contributed by atoms with E-state index in [1.165, 1.54) is 0 Å². The van der Waals surface area contributed by atoms with E-state index in [0.29, 0.717) is 18.3 Å². The maximum atomic E-state index is 5.37. The molecule has 1 rings (SSSR count). The zero-order valence-corrected chi connectivity index (χ0v) is 6.74. The number of nitrogens with zero attached hydrogens (tertiary/aromatic N) is 2. The van der Waals surface area contributed by atoms with Crippen molar-refractivity contribution >= 4 is 11.8 Å². The Kier molecular flexibility index (Phi) is 2.65. The average Bonchev–Trinajstić information content (AvgIpc) is 2.04. The molecule has 1 heterocycles. The summed E-state index contributed by atoms with van der Waals surface area (Å²) in [5.74, 6) is 6.12. The van der Waals surface area contributed by atoms with Crippen LogP contribution in [0.4, 0.5) is 11.8 Å². The number of hydrogen-bond acceptors (Lipinski definition) is 6. The van der Waals surface area contributed by atoms with Crippen molar-refractivity contribution in [2.75, 3.05) is 17.8 Å². The van der Waals surface area contributed by atoms with Crippen LogP contribution in [0.3, 0.4) is 0 Å². The molecule has 0 spiro atoms. The number of hydrogen-bond donors (Lipinski definition) is 3. The van der Waals surface area contributed by atoms with Gasteiger partial charge in [0.1, 0.15) is 5.82 Å². The summed E-state index contributed by atoms with van der Waals surface area (Å²) in [4.78, 5) is 7.61. The van der Waals surface area contributed by atoms with Gasteiger partial charge in [0.2, 0.25) is 11.8 Å². The average molecular weight is 169 g/mol. The highest BCUT2D eigenvalue weighted by Gasteiger charge is 2.00. The molecule has 1 aromatic rings. The molecule has 5 N–H and O–H groups in total. The lowest BCUT2D eigenvalue weighted by Crippen LogP contribution is -2.11. The van der Waals surface area contributed by atoms with Crippen molar-refractivity contribution in [1.82, 2.24) is 9.97 Å². The summed E-state index contributed by atoms with van der Waals surface area (Å²) in [6, 6.07) is 1.57. The van der Waals surface area contributed by atoms with Gasteiger partial charge in [-0.15, -0.1) is 0 Å². The molecule has 0 unspecified atom stereocenters. The van der Waals surface area contributed by atoms with Gasteiger partial charge in [-0.25, -0.2) is 5.84 Å². The first kappa shape index (κ1) is 8.54. The van der Waals surface area contributed by atoms with Crippen LogP contribution in [0, 0.1) is 0 Å². The molecular weight excluding hydrogens is 158 g/mol. The fraction of sp³-hybridized carbons (Fsp3) is 0.333. The summed E-state index contributed by atoms with van der Waals surface area (Å²) in [6.45, 7) is 2.38. The van der Waals surface area contributed by atoms with Gasteiger partial charge in [0.05, 0.1) is 6.61 Å². The van der Waals surface area contributed by atoms with E-state index in [4.69, 9.17) is 16.3 Å². The van der Waals surface area contributed by atoms with Crippen LogP contribution in [-0.2, 0) is 0 Å². The summed E-state index contributed by atoms with van der Waals surface area (Å²) in [5, 5.41) is 0. The molecule has 66 valence electrons. The first-order valence-electron chi connectivity index (χ1n) is 3.50. The summed E-state index contributed by atoms with van der Waals surface area (Å²) in [6.07, 6.45) is 0. The van der Waals surface area contributed by atoms with Gasteiger partial charge < -0.3 is 15.9 Å². The van der Waals surface area contributed by atoms with Crippen molar-refractivity contribution in [3.8, 4) is 5.88 Å². The number of nitrogens with two attached hydrogens (primary N) is 2. The van der Waals surface area contributed by atoms with Crippen LogP contribution in [-0.4, -0.2) is 16.6 Å². The van der Waals surface area contributed by atoms with Gasteiger partial charge in [-0.05, 0) is 6.92 Å². The topological polar surface area (TPSA) is 99.1 Å². The Morgan fingerprint density at radius 3 is 2.92 bits per heavy atom. The van der Waals surface area contributed by atoms with Crippen LogP contribution in [0.15, 0.2) is 6.07 Å². The summed E-state index contributed by atoms with van der Waals surface area (Å²) < 4.78 is 5.10. The summed E-state index contributed by atoms with van der Waals surface area (Å²) in [7, 11) is 0. The lowest BCUT2D eigenvalue weighted by Gasteiger charge is -2.04. The largest absolute Gasteiger partial charge is 0.478 e. The van der Waals surface area contributed by atoms with E-state index in [-0.39, 0.29) is 5.95 Å². The summed E-state index contributed by atoms with van der Waals surface area (Å²) in [5.41, 5.74) is 7.72. The molecule has 0 amide bonds. The molecule has 0 saturated carbocycles. The van der Waals surface area contributed by atoms with Crippen LogP contribution < -0.4 is 21.7 Å². The lowest BCUT2D eigenvalue weighted by atomic mass is 10.5. The summed E-state index contributed by atoms with van der Waals surface area (Å²) >= 11 is 0. The first-order chi connectivity index (χ1) is 5.76. The van der Waals surface area contributed by atoms with Crippen LogP contribution in [0.1, 0.15) is 6.92 Å². The van der Waals surface area contributed by atoms with Gasteiger partial charge in [-0.3, -0.25) is 0 Å². The number of nitrogens with one attached hydrogen (secondary N) is 1. The van der Waals surface area contributed by atoms with Crippen LogP contribution in [0.25, 0.3) is 0 Å². The number of rotatable bonds is 3. The zero-order valence-electron chi connectivity index (χ0n) is 6.74. The Morgan fingerprint density at radius 2 is 2.33 bits per heavy atom. The second-order valence-electron chi connectivity index (χ2n) is 2.03. The van der Waals surface area contributed by atoms with Crippen molar-refractivity contribution < 1.29 is 4.74 Å². The Morgan fingerprint density at radius 1 is 1.58 bits per heavy atom. The second kappa shape index (κ2) is 3.72. The van der Waals surface area contributed by atoms with Gasteiger partial charge in [-0.1, -0.05) is 0 Å². The SMILES string of the molecule is CCOc1cc(NN)nc(N)n1. The Hall–Kier alpha value is -1.56. The zero-order chi connectivity index (χ0) is 8.97. The Labute approximate surface area is 69.9 Å². The van der Waals surface area contributed by atoms with Gasteiger partial charge in [-0.2, -0.15) is 9.97 Å². The van der Waals surface area contributed by atoms with Crippen LogP contribution in [0.5, 0.6) is 5.88 Å². The van der Waals surface area contributed by atoms with Gasteiger partial charge in [0.15, 0.2) is 0 Å². The fourth-order valence-corrected chi connectivity index (χ4v) is 0.739. The lowest BCUT2D eigenvalue weighted by molar-refractivity contribution is 0.327. The minimum Gasteiger partial charge on any atom is -0.478 e. The van der Waals surface area contributed by atoms with Gasteiger partial charge >= 0.3 is 0 Å². The van der Waals surface area contributed by atoms with Gasteiger partial charge in [0.25, 0.3) is 0 Å². The van der Waals surface area contributed by atoms with Crippen molar-refractivity contribution in [1.29, 1.82) is 0 Å². The molecule has 0 fully saturated rings. The first-order valence-corrected chi connectivity index (χ1v) is 3.50. The molecule has 12 heavy (non-hydrogen) atoms. The van der Waals surface area contributed by atoms with Gasteiger partial charge in [0, 0.05) is 6.07 Å². The third-order valence-electron chi connectivity index (χ3n) is 1.16. The third kappa shape index (κ3) is 1.96. The highest BCUT2D eigenvalue weighted by atomic mass is 16.5. The van der Waals surface area contributed by atoms with Crippen molar-refractivity contribution in [2.45, 2.75) is 6.92 Å². The van der Waals surface area contributed by atoms with E-state index < -0.39 is 0 Å². The van der Waals surface area contributed by atoms with E-state index >= 15 is 0 Å². The highest BCUT2D eigenvalue weighted by molar-refractivity contribution is 5.41. The van der Waals surface area contributed by atoms with Crippen molar-refractivity contribution in [2.24, 2.45) is 5.84 Å². The number of hydrazine groups is 1. The molecule has 0 aliphatic rings. The van der Waals surface area contributed by atoms with Crippen LogP contribution in [0.2, 0.25) is 0 Å². The van der Waals surface area contributed by atoms with E-state index in [1.54, 1.807) is 6.07 Å². The maximum absolute atomic E-state index is 5.37. The highest BCUT2D eigenvalue weighted by Crippen LogP contribution is 2.12. The standard InChI is InChI=1S/C6H11N5O/c1-2-12-5-3-4(11-8)9-6(7)10-5/h3H,2,8H2,1H3,(H3,7,9,10,11). The molecule has 0 aliphatic carbocycles. The van der Waals surface area contributed by atoms with Crippen LogP contribution >= 0.6 is 0 Å². The van der Waals surface area contributed by atoms with E-state index in [2.05, 4.69) is 15.4 Å². The van der Waals surface area contributed by atoms with Crippen molar-refractivity contribution in [3.63, 3.8) is 0 Å². The third-order valence-corrected chi connectivity index (χ3v) is 1.16. The van der Waals surface area contributed by atoms with E-state index in [9.17, 15) is 0 Å². The number of ether oxygens (including phenoxy) is 1. The number of aromatic nitrogens is 2. The predicted octanol–water partition coefficient (Wildman–Crippen LogP) is -0.257. The Balaban J connectivity index is 2.90. The monoisotopic (exact) mass is 169 g/mol. The molecule has 0 aromatic carbocycles. The molecule has 0 bridgehead atoms. The molecular formula is C6H11N5O. The minimum atomic E-state index is 0.133. The molecule has 6 nitrogen and oxygen atoms in total. The second-order valence-corrected chi connectivity index (χ2v) is 2.03. The molecule has 1 aromatic heterocycles. The molecule has 6 heteroatoms. The fourth-order valence-electron chi connectivity index (χ4n) is 0.739. The quantitative estimate of drug-likeness (QED) is 0.426. The number of nitrogen functional groups attached to an aromatic ring is 2. The smallest absolute Gasteiger partial charge is 0.225 e. The van der Waals surface area contributed by atoms with Crippen molar-refractivity contribution in [3.05, 3.63) is 6.07 Å². The number of anilines is 2. The normalized spacial score (nSPS) is 9.50. The Bertz CT molecular complexity index is 264. The molecule has 0 atom stereocenters. The molecule has 0 aliphatic heterocycles.